The second kappa shape index (κ2) is 5.96. The van der Waals surface area contributed by atoms with Gasteiger partial charge in [-0.1, -0.05) is 43.0 Å². The van der Waals surface area contributed by atoms with E-state index in [1.54, 1.807) is 30.3 Å². The average molecular weight is 256 g/mol. The summed E-state index contributed by atoms with van der Waals surface area (Å²) in [6, 6.07) is 12.6. The molecule has 96 valence electrons. The van der Waals surface area contributed by atoms with Crippen LogP contribution < -0.4 is 4.74 Å². The SMILES string of the molecule is C=CCOc1ccc(F)cc1C(=O)c1ccccc1. The smallest absolute Gasteiger partial charge is 0.196 e. The van der Waals surface area contributed by atoms with Gasteiger partial charge in [-0.3, -0.25) is 4.79 Å². The van der Waals surface area contributed by atoms with E-state index in [4.69, 9.17) is 4.74 Å². The molecule has 0 fully saturated rings. The van der Waals surface area contributed by atoms with E-state index in [-0.39, 0.29) is 18.0 Å². The van der Waals surface area contributed by atoms with Crippen molar-refractivity contribution >= 4 is 5.78 Å². The molecule has 0 heterocycles. The molecule has 2 rings (SSSR count). The lowest BCUT2D eigenvalue weighted by Gasteiger charge is -2.09. The molecular weight excluding hydrogens is 243 g/mol. The molecule has 0 radical (unpaired) electrons. The fourth-order valence-corrected chi connectivity index (χ4v) is 1.70. The molecule has 0 atom stereocenters. The topological polar surface area (TPSA) is 26.3 Å². The van der Waals surface area contributed by atoms with Crippen LogP contribution in [-0.2, 0) is 0 Å². The third-order valence-electron chi connectivity index (χ3n) is 2.58. The Labute approximate surface area is 111 Å². The Morgan fingerprint density at radius 1 is 1.21 bits per heavy atom. The monoisotopic (exact) mass is 256 g/mol. The summed E-state index contributed by atoms with van der Waals surface area (Å²) in [6.07, 6.45) is 1.57. The number of halogens is 1. The molecule has 0 aromatic heterocycles. The highest BCUT2D eigenvalue weighted by atomic mass is 19.1. The highest BCUT2D eigenvalue weighted by molar-refractivity contribution is 6.10. The fourth-order valence-electron chi connectivity index (χ4n) is 1.70. The standard InChI is InChI=1S/C16H13FO2/c1-2-10-19-15-9-8-13(17)11-14(15)16(18)12-6-4-3-5-7-12/h2-9,11H,1,10H2. The molecule has 0 aliphatic carbocycles. The Bertz CT molecular complexity index is 591. The summed E-state index contributed by atoms with van der Waals surface area (Å²) in [6.45, 7) is 3.81. The first kappa shape index (κ1) is 13.0. The second-order valence-electron chi connectivity index (χ2n) is 3.94. The molecule has 0 amide bonds. The number of ether oxygens (including phenoxy) is 1. The molecule has 0 saturated carbocycles. The molecule has 2 aromatic carbocycles. The molecule has 0 saturated heterocycles. The van der Waals surface area contributed by atoms with Crippen LogP contribution in [0, 0.1) is 5.82 Å². The lowest BCUT2D eigenvalue weighted by Crippen LogP contribution is -2.06. The number of benzene rings is 2. The lowest BCUT2D eigenvalue weighted by atomic mass is 10.0. The largest absolute Gasteiger partial charge is 0.489 e. The molecule has 0 aliphatic rings. The first-order valence-electron chi connectivity index (χ1n) is 5.85. The predicted molar refractivity (Wildman–Crippen MR) is 72.0 cm³/mol. The number of hydrogen-bond donors (Lipinski definition) is 0. The van der Waals surface area contributed by atoms with Gasteiger partial charge < -0.3 is 4.74 Å². The van der Waals surface area contributed by atoms with Crippen molar-refractivity contribution in [2.75, 3.05) is 6.61 Å². The number of hydrogen-bond acceptors (Lipinski definition) is 2. The number of rotatable bonds is 5. The van der Waals surface area contributed by atoms with Crippen LogP contribution in [0.3, 0.4) is 0 Å². The van der Waals surface area contributed by atoms with Crippen LogP contribution >= 0.6 is 0 Å². The van der Waals surface area contributed by atoms with Gasteiger partial charge >= 0.3 is 0 Å². The maximum atomic E-state index is 13.3. The minimum atomic E-state index is -0.467. The maximum Gasteiger partial charge on any atom is 0.196 e. The summed E-state index contributed by atoms with van der Waals surface area (Å²) in [5.41, 5.74) is 0.713. The van der Waals surface area contributed by atoms with Gasteiger partial charge in [0.2, 0.25) is 0 Å². The van der Waals surface area contributed by atoms with Crippen LogP contribution in [0.25, 0.3) is 0 Å². The zero-order valence-corrected chi connectivity index (χ0v) is 10.3. The first-order chi connectivity index (χ1) is 9.22. The van der Waals surface area contributed by atoms with Crippen LogP contribution in [0.5, 0.6) is 5.75 Å². The van der Waals surface area contributed by atoms with Gasteiger partial charge in [0.05, 0.1) is 5.56 Å². The van der Waals surface area contributed by atoms with Crippen LogP contribution in [0.1, 0.15) is 15.9 Å². The van der Waals surface area contributed by atoms with Crippen molar-refractivity contribution in [1.82, 2.24) is 0 Å². The highest BCUT2D eigenvalue weighted by Crippen LogP contribution is 2.23. The van der Waals surface area contributed by atoms with E-state index >= 15 is 0 Å². The van der Waals surface area contributed by atoms with Crippen molar-refractivity contribution < 1.29 is 13.9 Å². The Morgan fingerprint density at radius 3 is 2.63 bits per heavy atom. The third-order valence-corrected chi connectivity index (χ3v) is 2.58. The summed E-state index contributed by atoms with van der Waals surface area (Å²) >= 11 is 0. The van der Waals surface area contributed by atoms with Gasteiger partial charge in [0.1, 0.15) is 18.2 Å². The van der Waals surface area contributed by atoms with Crippen LogP contribution in [-0.4, -0.2) is 12.4 Å². The van der Waals surface area contributed by atoms with Crippen LogP contribution in [0.2, 0.25) is 0 Å². The Hall–Kier alpha value is -2.42. The lowest BCUT2D eigenvalue weighted by molar-refractivity contribution is 0.103. The molecule has 0 spiro atoms. The van der Waals surface area contributed by atoms with E-state index in [9.17, 15) is 9.18 Å². The van der Waals surface area contributed by atoms with Gasteiger partial charge in [-0.2, -0.15) is 0 Å². The molecule has 19 heavy (non-hydrogen) atoms. The van der Waals surface area contributed by atoms with Crippen molar-refractivity contribution in [1.29, 1.82) is 0 Å². The van der Waals surface area contributed by atoms with Crippen molar-refractivity contribution in [2.45, 2.75) is 0 Å². The number of carbonyl (C=O) groups excluding carboxylic acids is 1. The quantitative estimate of drug-likeness (QED) is 0.603. The molecule has 3 heteroatoms. The summed E-state index contributed by atoms with van der Waals surface area (Å²) in [4.78, 5) is 12.3. The van der Waals surface area contributed by atoms with E-state index in [2.05, 4.69) is 6.58 Å². The summed E-state index contributed by atoms with van der Waals surface area (Å²) in [7, 11) is 0. The van der Waals surface area contributed by atoms with Gasteiger partial charge in [0, 0.05) is 5.56 Å². The normalized spacial score (nSPS) is 9.95. The molecule has 0 N–H and O–H groups in total. The van der Waals surface area contributed by atoms with Crippen molar-refractivity contribution in [3.63, 3.8) is 0 Å². The highest BCUT2D eigenvalue weighted by Gasteiger charge is 2.15. The molecule has 0 aliphatic heterocycles. The Morgan fingerprint density at radius 2 is 1.95 bits per heavy atom. The molecule has 0 bridgehead atoms. The Kier molecular flexibility index (Phi) is 4.08. The van der Waals surface area contributed by atoms with E-state index in [0.717, 1.165) is 0 Å². The number of ketones is 1. The van der Waals surface area contributed by atoms with Gasteiger partial charge in [0.15, 0.2) is 5.78 Å². The summed E-state index contributed by atoms with van der Waals surface area (Å²) in [5, 5.41) is 0. The second-order valence-corrected chi connectivity index (χ2v) is 3.94. The van der Waals surface area contributed by atoms with E-state index in [1.165, 1.54) is 18.2 Å². The minimum Gasteiger partial charge on any atom is -0.489 e. The number of carbonyl (C=O) groups is 1. The Balaban J connectivity index is 2.39. The molecule has 2 aromatic rings. The summed E-state index contributed by atoms with van der Waals surface area (Å²) in [5.74, 6) is -0.375. The minimum absolute atomic E-state index is 0.216. The predicted octanol–water partition coefficient (Wildman–Crippen LogP) is 3.62. The summed E-state index contributed by atoms with van der Waals surface area (Å²) < 4.78 is 18.7. The average Bonchev–Trinajstić information content (AvgIpc) is 2.46. The fraction of sp³-hybridized carbons (Fsp3) is 0.0625. The molecule has 0 unspecified atom stereocenters. The van der Waals surface area contributed by atoms with Crippen LogP contribution in [0.15, 0.2) is 61.2 Å². The maximum absolute atomic E-state index is 13.3. The zero-order valence-electron chi connectivity index (χ0n) is 10.3. The van der Waals surface area contributed by atoms with E-state index < -0.39 is 5.82 Å². The third kappa shape index (κ3) is 3.07. The van der Waals surface area contributed by atoms with Gasteiger partial charge in [-0.15, -0.1) is 0 Å². The van der Waals surface area contributed by atoms with E-state index in [1.807, 2.05) is 6.07 Å². The molecular formula is C16H13FO2. The van der Waals surface area contributed by atoms with Gasteiger partial charge in [-0.05, 0) is 18.2 Å². The van der Waals surface area contributed by atoms with Gasteiger partial charge in [0.25, 0.3) is 0 Å². The van der Waals surface area contributed by atoms with E-state index in [0.29, 0.717) is 11.3 Å². The first-order valence-corrected chi connectivity index (χ1v) is 5.85. The van der Waals surface area contributed by atoms with Crippen LogP contribution in [0.4, 0.5) is 4.39 Å². The van der Waals surface area contributed by atoms with Crippen molar-refractivity contribution in [3.8, 4) is 5.75 Å². The zero-order chi connectivity index (χ0) is 13.7. The van der Waals surface area contributed by atoms with Gasteiger partial charge in [-0.25, -0.2) is 4.39 Å². The van der Waals surface area contributed by atoms with Crippen molar-refractivity contribution in [2.24, 2.45) is 0 Å². The van der Waals surface area contributed by atoms with Crippen molar-refractivity contribution in [3.05, 3.63) is 78.1 Å². The molecule has 2 nitrogen and oxygen atoms in total.